The van der Waals surface area contributed by atoms with Gasteiger partial charge in [-0.05, 0) is 49.2 Å². The van der Waals surface area contributed by atoms with Gasteiger partial charge in [0.05, 0.1) is 25.7 Å². The topological polar surface area (TPSA) is 127 Å². The van der Waals surface area contributed by atoms with E-state index in [1.54, 1.807) is 0 Å². The first-order valence-electron chi connectivity index (χ1n) is 9.07. The fraction of sp³-hybridized carbons (Fsp3) is 0.400. The molecule has 2 aromatic carbocycles. The Bertz CT molecular complexity index is 990. The Morgan fingerprint density at radius 2 is 0.938 bits per heavy atom. The van der Waals surface area contributed by atoms with Crippen LogP contribution < -0.4 is 0 Å². The predicted molar refractivity (Wildman–Crippen MR) is 114 cm³/mol. The van der Waals surface area contributed by atoms with Crippen LogP contribution in [0, 0.1) is 11.6 Å². The summed E-state index contributed by atoms with van der Waals surface area (Å²) in [7, 11) is -7.22. The van der Waals surface area contributed by atoms with Gasteiger partial charge in [0.2, 0.25) is 0 Å². The van der Waals surface area contributed by atoms with Crippen LogP contribution in [0.15, 0.2) is 48.5 Å². The van der Waals surface area contributed by atoms with Crippen molar-refractivity contribution in [3.63, 3.8) is 0 Å². The fourth-order valence-corrected chi connectivity index (χ4v) is 3.12. The van der Waals surface area contributed by atoms with E-state index in [1.807, 2.05) is 0 Å². The van der Waals surface area contributed by atoms with Gasteiger partial charge >= 0.3 is 0 Å². The van der Waals surface area contributed by atoms with E-state index in [1.165, 1.54) is 62.4 Å². The van der Waals surface area contributed by atoms with Crippen LogP contribution >= 0.6 is 0 Å². The van der Waals surface area contributed by atoms with Gasteiger partial charge in [-0.1, -0.05) is 24.3 Å². The molecule has 0 aliphatic heterocycles. The third-order valence-electron chi connectivity index (χ3n) is 4.04. The zero-order valence-corrected chi connectivity index (χ0v) is 19.6. The van der Waals surface area contributed by atoms with Gasteiger partial charge in [-0.2, -0.15) is 16.8 Å². The van der Waals surface area contributed by atoms with Crippen LogP contribution in [0.3, 0.4) is 0 Å². The van der Waals surface area contributed by atoms with Crippen molar-refractivity contribution < 1.29 is 44.2 Å². The molecule has 0 bridgehead atoms. The lowest BCUT2D eigenvalue weighted by molar-refractivity contribution is 0.00991. The number of hydrogen-bond acceptors (Lipinski definition) is 8. The van der Waals surface area contributed by atoms with Gasteiger partial charge in [0.25, 0.3) is 20.2 Å². The van der Waals surface area contributed by atoms with E-state index in [9.17, 15) is 35.8 Å². The van der Waals surface area contributed by atoms with Crippen molar-refractivity contribution >= 4 is 20.2 Å². The molecule has 0 heterocycles. The zero-order valence-electron chi connectivity index (χ0n) is 17.9. The summed E-state index contributed by atoms with van der Waals surface area (Å²) in [6.45, 7) is 1.98. The van der Waals surface area contributed by atoms with E-state index in [0.29, 0.717) is 11.1 Å². The van der Waals surface area contributed by atoms with E-state index < -0.39 is 56.3 Å². The highest BCUT2D eigenvalue weighted by atomic mass is 32.2. The molecule has 0 saturated carbocycles. The molecule has 0 spiro atoms. The summed E-state index contributed by atoms with van der Waals surface area (Å²) < 4.78 is 77.4. The maximum absolute atomic E-state index is 12.6. The van der Waals surface area contributed by atoms with Crippen molar-refractivity contribution in [2.24, 2.45) is 0 Å². The minimum atomic E-state index is -3.61. The van der Waals surface area contributed by atoms with Crippen molar-refractivity contribution in [1.82, 2.24) is 0 Å². The largest absolute Gasteiger partial charge is 0.383 e. The lowest BCUT2D eigenvalue weighted by Crippen LogP contribution is -2.29. The molecule has 0 aliphatic rings. The molecule has 0 radical (unpaired) electrons. The monoisotopic (exact) mass is 496 g/mol. The molecule has 0 aliphatic carbocycles. The van der Waals surface area contributed by atoms with Gasteiger partial charge in [0.15, 0.2) is 0 Å². The molecule has 2 rings (SSSR count). The van der Waals surface area contributed by atoms with Crippen LogP contribution in [0.2, 0.25) is 0 Å². The van der Waals surface area contributed by atoms with Gasteiger partial charge < -0.3 is 10.2 Å². The highest BCUT2D eigenvalue weighted by molar-refractivity contribution is 7.86. The third kappa shape index (κ3) is 10.6. The molecular formula is C20H26F2O8S2. The molecule has 12 heteroatoms. The van der Waals surface area contributed by atoms with Crippen molar-refractivity contribution in [2.75, 3.05) is 25.7 Å². The van der Waals surface area contributed by atoms with Crippen molar-refractivity contribution in [3.8, 4) is 0 Å². The molecule has 180 valence electrons. The van der Waals surface area contributed by atoms with Crippen molar-refractivity contribution in [3.05, 3.63) is 71.3 Å². The minimum Gasteiger partial charge on any atom is -0.383 e. The van der Waals surface area contributed by atoms with Crippen LogP contribution in [0.4, 0.5) is 8.78 Å². The number of aliphatic hydroxyl groups is 2. The summed E-state index contributed by atoms with van der Waals surface area (Å²) in [6, 6.07) is 10.2. The average molecular weight is 497 g/mol. The van der Waals surface area contributed by atoms with Crippen LogP contribution in [-0.2, 0) is 39.8 Å². The second-order valence-electron chi connectivity index (χ2n) is 7.49. The Kier molecular flexibility index (Phi) is 9.45. The van der Waals surface area contributed by atoms with E-state index in [4.69, 9.17) is 0 Å². The van der Waals surface area contributed by atoms with Crippen molar-refractivity contribution in [1.29, 1.82) is 0 Å². The SMILES string of the molecule is C[C@@](O)(COS(C)(=O)=O)c1ccc(F)cc1.C[C@@](O)(COS(C)(=O)=O)c1ccc(F)cc1. The molecule has 0 aromatic heterocycles. The average Bonchev–Trinajstić information content (AvgIpc) is 2.65. The Labute approximate surface area is 186 Å². The molecule has 2 atom stereocenters. The molecular weight excluding hydrogens is 470 g/mol. The van der Waals surface area contributed by atoms with Gasteiger partial charge in [0.1, 0.15) is 22.8 Å². The first-order valence-corrected chi connectivity index (χ1v) is 12.7. The lowest BCUT2D eigenvalue weighted by atomic mass is 9.97. The second kappa shape index (κ2) is 10.8. The molecule has 0 amide bonds. The Morgan fingerprint density at radius 1 is 0.688 bits per heavy atom. The maximum atomic E-state index is 12.6. The van der Waals surface area contributed by atoms with E-state index in [2.05, 4.69) is 8.37 Å². The van der Waals surface area contributed by atoms with E-state index >= 15 is 0 Å². The molecule has 2 aromatic rings. The Hall–Kier alpha value is -1.96. The summed E-state index contributed by atoms with van der Waals surface area (Å²) >= 11 is 0. The van der Waals surface area contributed by atoms with Gasteiger partial charge in [-0.15, -0.1) is 0 Å². The number of rotatable bonds is 8. The Morgan fingerprint density at radius 3 is 1.16 bits per heavy atom. The number of benzene rings is 2. The summed E-state index contributed by atoms with van der Waals surface area (Å²) in [5, 5.41) is 19.9. The first kappa shape index (κ1) is 28.1. The summed E-state index contributed by atoms with van der Waals surface area (Å²) in [4.78, 5) is 0. The number of hydrogen-bond donors (Lipinski definition) is 2. The van der Waals surface area contributed by atoms with Gasteiger partial charge in [-0.3, -0.25) is 8.37 Å². The van der Waals surface area contributed by atoms with Crippen molar-refractivity contribution in [2.45, 2.75) is 25.0 Å². The third-order valence-corrected chi connectivity index (χ3v) is 5.13. The highest BCUT2D eigenvalue weighted by Crippen LogP contribution is 2.22. The van der Waals surface area contributed by atoms with Gasteiger partial charge in [-0.25, -0.2) is 8.78 Å². The lowest BCUT2D eigenvalue weighted by Gasteiger charge is -2.22. The quantitative estimate of drug-likeness (QED) is 0.532. The second-order valence-corrected chi connectivity index (χ2v) is 10.8. The maximum Gasteiger partial charge on any atom is 0.264 e. The van der Waals surface area contributed by atoms with E-state index in [0.717, 1.165) is 12.5 Å². The standard InChI is InChI=1S/2C10H13FO4S/c2*1-10(12,7-15-16(2,13)14)8-3-5-9(11)6-4-8/h2*3-6,12H,7H2,1-2H3/t2*10-/m11/s1. The first-order chi connectivity index (χ1) is 14.4. The molecule has 0 fully saturated rings. The van der Waals surface area contributed by atoms with Crippen LogP contribution in [0.25, 0.3) is 0 Å². The predicted octanol–water partition coefficient (Wildman–Crippen LogP) is 2.02. The minimum absolute atomic E-state index is 0.387. The highest BCUT2D eigenvalue weighted by Gasteiger charge is 2.26. The Balaban J connectivity index is 0.000000320. The van der Waals surface area contributed by atoms with E-state index in [-0.39, 0.29) is 0 Å². The normalized spacial score (nSPS) is 15.8. The van der Waals surface area contributed by atoms with Crippen LogP contribution in [-0.4, -0.2) is 52.8 Å². The summed E-state index contributed by atoms with van der Waals surface area (Å²) in [5.74, 6) is -0.854. The molecule has 2 N–H and O–H groups in total. The fourth-order valence-electron chi connectivity index (χ4n) is 2.23. The number of halogens is 2. The van der Waals surface area contributed by atoms with Gasteiger partial charge in [0, 0.05) is 0 Å². The summed E-state index contributed by atoms with van der Waals surface area (Å²) in [5.41, 5.74) is -2.18. The van der Waals surface area contributed by atoms with Crippen LogP contribution in [0.5, 0.6) is 0 Å². The molecule has 0 saturated heterocycles. The zero-order chi connectivity index (χ0) is 24.8. The molecule has 0 unspecified atom stereocenters. The smallest absolute Gasteiger partial charge is 0.264 e. The molecule has 32 heavy (non-hydrogen) atoms. The molecule has 8 nitrogen and oxygen atoms in total. The summed E-state index contributed by atoms with van der Waals surface area (Å²) in [6.07, 6.45) is 1.79. The van der Waals surface area contributed by atoms with Crippen LogP contribution in [0.1, 0.15) is 25.0 Å².